The zero-order chi connectivity index (χ0) is 18.8. The Bertz CT molecular complexity index is 972. The molecule has 0 saturated heterocycles. The Hall–Kier alpha value is -2.25. The average molecular weight is 387 g/mol. The zero-order valence-corrected chi connectivity index (χ0v) is 16.9. The number of thiophene rings is 1. The molecule has 136 valence electrons. The van der Waals surface area contributed by atoms with Gasteiger partial charge in [0.2, 0.25) is 5.91 Å². The van der Waals surface area contributed by atoms with Gasteiger partial charge in [-0.05, 0) is 63.0 Å². The van der Waals surface area contributed by atoms with Crippen LogP contribution in [0.25, 0.3) is 10.7 Å². The van der Waals surface area contributed by atoms with Gasteiger partial charge in [0.1, 0.15) is 6.04 Å². The Morgan fingerprint density at radius 1 is 1.38 bits per heavy atom. The molecule has 0 bridgehead atoms. The molecule has 0 radical (unpaired) electrons. The van der Waals surface area contributed by atoms with Crippen molar-refractivity contribution in [1.29, 1.82) is 0 Å². The number of rotatable bonds is 5. The van der Waals surface area contributed by atoms with Gasteiger partial charge in [-0.25, -0.2) is 0 Å². The number of anilines is 1. The normalized spacial score (nSPS) is 12.2. The van der Waals surface area contributed by atoms with Crippen LogP contribution in [0.5, 0.6) is 0 Å². The van der Waals surface area contributed by atoms with E-state index in [1.165, 1.54) is 5.56 Å². The van der Waals surface area contributed by atoms with Crippen molar-refractivity contribution in [1.82, 2.24) is 14.8 Å². The Labute approximate surface area is 162 Å². The van der Waals surface area contributed by atoms with Crippen LogP contribution in [0.3, 0.4) is 0 Å². The van der Waals surface area contributed by atoms with Gasteiger partial charge in [0.25, 0.3) is 0 Å². The third-order valence-electron chi connectivity index (χ3n) is 4.42. The maximum Gasteiger partial charge on any atom is 0.249 e. The third kappa shape index (κ3) is 3.37. The first-order chi connectivity index (χ1) is 12.4. The van der Waals surface area contributed by atoms with Crippen molar-refractivity contribution in [2.75, 3.05) is 11.4 Å². The number of carbonyl (C=O) groups is 1. The number of aromatic nitrogens is 3. The van der Waals surface area contributed by atoms with E-state index in [2.05, 4.69) is 23.2 Å². The molecule has 0 aliphatic carbocycles. The number of H-pyrrole nitrogens is 1. The smallest absolute Gasteiger partial charge is 0.249 e. The van der Waals surface area contributed by atoms with Crippen molar-refractivity contribution in [3.63, 3.8) is 0 Å². The molecule has 0 saturated carbocycles. The average Bonchev–Trinajstić information content (AvgIpc) is 3.25. The first kappa shape index (κ1) is 18.5. The summed E-state index contributed by atoms with van der Waals surface area (Å²) >= 11 is 6.98. The lowest BCUT2D eigenvalue weighted by Crippen LogP contribution is -2.37. The van der Waals surface area contributed by atoms with Crippen molar-refractivity contribution in [2.45, 2.75) is 33.7 Å². The Kier molecular flexibility index (Phi) is 5.38. The van der Waals surface area contributed by atoms with Crippen LogP contribution >= 0.6 is 23.6 Å². The number of aryl methyl sites for hydroxylation is 2. The van der Waals surface area contributed by atoms with E-state index in [1.807, 2.05) is 55.3 Å². The first-order valence-electron chi connectivity index (χ1n) is 8.53. The molecule has 26 heavy (non-hydrogen) atoms. The number of aromatic amines is 1. The minimum Gasteiger partial charge on any atom is -0.311 e. The van der Waals surface area contributed by atoms with Crippen LogP contribution in [0, 0.1) is 18.6 Å². The molecule has 0 spiro atoms. The highest BCUT2D eigenvalue weighted by molar-refractivity contribution is 7.71. The Morgan fingerprint density at radius 2 is 2.15 bits per heavy atom. The molecular weight excluding hydrogens is 364 g/mol. The van der Waals surface area contributed by atoms with E-state index in [-0.39, 0.29) is 5.91 Å². The van der Waals surface area contributed by atoms with Crippen LogP contribution < -0.4 is 4.90 Å². The monoisotopic (exact) mass is 386 g/mol. The number of nitrogens with one attached hydrogen (secondary N) is 1. The lowest BCUT2D eigenvalue weighted by atomic mass is 10.1. The number of nitrogens with zero attached hydrogens (tertiary/aromatic N) is 3. The van der Waals surface area contributed by atoms with Crippen LogP contribution in [-0.2, 0) is 4.79 Å². The predicted molar refractivity (Wildman–Crippen MR) is 109 cm³/mol. The fourth-order valence-corrected chi connectivity index (χ4v) is 4.13. The first-order valence-corrected chi connectivity index (χ1v) is 9.82. The molecule has 1 amide bonds. The SMILES string of the molecule is CCN(C(=O)C(C)n1c(-c2cccs2)n[nH]c1=S)c1ccc(C)cc1C. The van der Waals surface area contributed by atoms with Gasteiger partial charge in [-0.15, -0.1) is 11.3 Å². The van der Waals surface area contributed by atoms with Crippen molar-refractivity contribution in [3.05, 3.63) is 51.6 Å². The van der Waals surface area contributed by atoms with Gasteiger partial charge in [0.05, 0.1) is 4.88 Å². The lowest BCUT2D eigenvalue weighted by molar-refractivity contribution is -0.121. The van der Waals surface area contributed by atoms with Gasteiger partial charge < -0.3 is 4.90 Å². The second kappa shape index (κ2) is 7.55. The largest absolute Gasteiger partial charge is 0.311 e. The number of amides is 1. The van der Waals surface area contributed by atoms with Crippen LogP contribution in [0.4, 0.5) is 5.69 Å². The molecule has 0 fully saturated rings. The highest BCUT2D eigenvalue weighted by Gasteiger charge is 2.26. The summed E-state index contributed by atoms with van der Waals surface area (Å²) in [6.45, 7) is 8.53. The number of likely N-dealkylation sites (N-methyl/N-ethyl adjacent to an activating group) is 1. The number of benzene rings is 1. The highest BCUT2D eigenvalue weighted by Crippen LogP contribution is 2.28. The number of carbonyl (C=O) groups excluding carboxylic acids is 1. The molecule has 1 aromatic carbocycles. The maximum atomic E-state index is 13.3. The Balaban J connectivity index is 1.99. The van der Waals surface area contributed by atoms with Gasteiger partial charge in [0, 0.05) is 12.2 Å². The molecule has 1 atom stereocenters. The van der Waals surface area contributed by atoms with E-state index in [0.29, 0.717) is 17.1 Å². The number of hydrogen-bond donors (Lipinski definition) is 1. The summed E-state index contributed by atoms with van der Waals surface area (Å²) in [6.07, 6.45) is 0. The third-order valence-corrected chi connectivity index (χ3v) is 5.57. The fourth-order valence-electron chi connectivity index (χ4n) is 3.13. The highest BCUT2D eigenvalue weighted by atomic mass is 32.1. The quantitative estimate of drug-likeness (QED) is 0.635. The summed E-state index contributed by atoms with van der Waals surface area (Å²) < 4.78 is 2.25. The van der Waals surface area contributed by atoms with E-state index in [0.717, 1.165) is 16.1 Å². The van der Waals surface area contributed by atoms with E-state index >= 15 is 0 Å². The van der Waals surface area contributed by atoms with Crippen molar-refractivity contribution in [3.8, 4) is 10.7 Å². The molecular formula is C19H22N4OS2. The second-order valence-electron chi connectivity index (χ2n) is 6.25. The minimum atomic E-state index is -0.459. The summed E-state index contributed by atoms with van der Waals surface area (Å²) in [5, 5.41) is 9.15. The van der Waals surface area contributed by atoms with E-state index in [9.17, 15) is 4.79 Å². The molecule has 1 unspecified atom stereocenters. The van der Waals surface area contributed by atoms with Gasteiger partial charge in [-0.3, -0.25) is 14.5 Å². The van der Waals surface area contributed by atoms with Crippen LogP contribution in [0.15, 0.2) is 35.7 Å². The molecule has 2 aromatic heterocycles. The number of hydrogen-bond acceptors (Lipinski definition) is 4. The topological polar surface area (TPSA) is 53.9 Å². The summed E-state index contributed by atoms with van der Waals surface area (Å²) in [7, 11) is 0. The van der Waals surface area contributed by atoms with Crippen molar-refractivity contribution >= 4 is 35.1 Å². The molecule has 1 N–H and O–H groups in total. The van der Waals surface area contributed by atoms with Gasteiger partial charge in [-0.2, -0.15) is 5.10 Å². The molecule has 0 aliphatic heterocycles. The molecule has 2 heterocycles. The maximum absolute atomic E-state index is 13.3. The lowest BCUT2D eigenvalue weighted by Gasteiger charge is -2.27. The van der Waals surface area contributed by atoms with Crippen LogP contribution in [0.2, 0.25) is 0 Å². The summed E-state index contributed by atoms with van der Waals surface area (Å²) in [5.41, 5.74) is 3.20. The summed E-state index contributed by atoms with van der Waals surface area (Å²) in [4.78, 5) is 16.1. The Morgan fingerprint density at radius 3 is 2.77 bits per heavy atom. The van der Waals surface area contributed by atoms with Gasteiger partial charge in [-0.1, -0.05) is 23.8 Å². The molecule has 3 rings (SSSR count). The van der Waals surface area contributed by atoms with Crippen LogP contribution in [-0.4, -0.2) is 27.2 Å². The standard InChI is InChI=1S/C19H22N4OS2/c1-5-22(15-9-8-12(2)11-13(15)3)18(24)14(4)23-17(20-21-19(23)25)16-7-6-10-26-16/h6-11,14H,5H2,1-4H3,(H,21,25). The molecule has 7 heteroatoms. The molecule has 5 nitrogen and oxygen atoms in total. The van der Waals surface area contributed by atoms with E-state index in [1.54, 1.807) is 15.9 Å². The van der Waals surface area contributed by atoms with Crippen molar-refractivity contribution < 1.29 is 4.79 Å². The van der Waals surface area contributed by atoms with Gasteiger partial charge >= 0.3 is 0 Å². The summed E-state index contributed by atoms with van der Waals surface area (Å²) in [6, 6.07) is 9.61. The van der Waals surface area contributed by atoms with E-state index in [4.69, 9.17) is 12.2 Å². The second-order valence-corrected chi connectivity index (χ2v) is 7.58. The zero-order valence-electron chi connectivity index (χ0n) is 15.3. The fraction of sp³-hybridized carbons (Fsp3) is 0.316. The van der Waals surface area contributed by atoms with Crippen molar-refractivity contribution in [2.24, 2.45) is 0 Å². The summed E-state index contributed by atoms with van der Waals surface area (Å²) in [5.74, 6) is 0.692. The van der Waals surface area contributed by atoms with Gasteiger partial charge in [0.15, 0.2) is 10.6 Å². The predicted octanol–water partition coefficient (Wildman–Crippen LogP) is 4.90. The molecule has 0 aliphatic rings. The molecule has 3 aromatic rings. The van der Waals surface area contributed by atoms with Crippen LogP contribution in [0.1, 0.15) is 31.0 Å². The van der Waals surface area contributed by atoms with E-state index < -0.39 is 6.04 Å². The minimum absolute atomic E-state index is 0.00485.